The summed E-state index contributed by atoms with van der Waals surface area (Å²) in [6.07, 6.45) is 6.13. The van der Waals surface area contributed by atoms with E-state index in [0.717, 1.165) is 25.8 Å². The Morgan fingerprint density at radius 1 is 1.34 bits per heavy atom. The summed E-state index contributed by atoms with van der Waals surface area (Å²) >= 11 is 3.17. The van der Waals surface area contributed by atoms with Gasteiger partial charge in [0, 0.05) is 24.3 Å². The summed E-state index contributed by atoms with van der Waals surface area (Å²) < 4.78 is 21.1. The molecule has 1 amide bonds. The number of halogens is 2. The topological polar surface area (TPSA) is 64.2 Å². The molecular formula is C21H22BrFN4O2. The fourth-order valence-corrected chi connectivity index (χ4v) is 4.19. The molecular weight excluding hydrogens is 439 g/mol. The summed E-state index contributed by atoms with van der Waals surface area (Å²) in [5.41, 5.74) is 1.32. The van der Waals surface area contributed by atoms with E-state index in [0.29, 0.717) is 33.5 Å². The van der Waals surface area contributed by atoms with Crippen molar-refractivity contribution in [3.63, 3.8) is 0 Å². The first-order chi connectivity index (χ1) is 14.1. The lowest BCUT2D eigenvalue weighted by Gasteiger charge is -2.35. The molecule has 0 N–H and O–H groups in total. The Morgan fingerprint density at radius 3 is 3.00 bits per heavy atom. The zero-order valence-electron chi connectivity index (χ0n) is 16.1. The molecule has 4 rings (SSSR count). The quantitative estimate of drug-likeness (QED) is 0.543. The van der Waals surface area contributed by atoms with Gasteiger partial charge in [-0.1, -0.05) is 12.1 Å². The summed E-state index contributed by atoms with van der Waals surface area (Å²) in [5, 5.41) is 4.01. The third-order valence-electron chi connectivity index (χ3n) is 5.38. The van der Waals surface area contributed by atoms with Crippen LogP contribution in [0.15, 0.2) is 45.5 Å². The van der Waals surface area contributed by atoms with E-state index < -0.39 is 0 Å². The van der Waals surface area contributed by atoms with Gasteiger partial charge in [-0.25, -0.2) is 4.39 Å². The standard InChI is InChI=1S/C21H22BrFN4O2/c1-2-15-6-3-4-11-27(15)19(28)13-26-10-5-7-18(26)21-24-20(25-29-21)14-8-9-17(23)16(22)12-14/h5,7-10,12,15H,2-4,6,11,13H2,1H3. The van der Waals surface area contributed by atoms with Crippen molar-refractivity contribution in [3.8, 4) is 23.0 Å². The molecule has 1 fully saturated rings. The molecule has 8 heteroatoms. The van der Waals surface area contributed by atoms with Gasteiger partial charge in [0.05, 0.1) is 4.47 Å². The number of carbonyl (C=O) groups excluding carboxylic acids is 1. The third-order valence-corrected chi connectivity index (χ3v) is 5.98. The van der Waals surface area contributed by atoms with Crippen LogP contribution >= 0.6 is 15.9 Å². The lowest BCUT2D eigenvalue weighted by molar-refractivity contribution is -0.135. The minimum absolute atomic E-state index is 0.108. The Balaban J connectivity index is 1.54. The molecule has 0 bridgehead atoms. The molecule has 0 radical (unpaired) electrons. The number of amides is 1. The Morgan fingerprint density at radius 2 is 2.21 bits per heavy atom. The van der Waals surface area contributed by atoms with Crippen LogP contribution in [0, 0.1) is 5.82 Å². The van der Waals surface area contributed by atoms with Gasteiger partial charge in [0.2, 0.25) is 11.7 Å². The van der Waals surface area contributed by atoms with Crippen molar-refractivity contribution in [1.82, 2.24) is 19.6 Å². The molecule has 1 aliphatic rings. The van der Waals surface area contributed by atoms with E-state index in [1.807, 2.05) is 27.8 Å². The zero-order chi connectivity index (χ0) is 20.4. The molecule has 2 aromatic heterocycles. The molecule has 3 aromatic rings. The molecule has 1 atom stereocenters. The van der Waals surface area contributed by atoms with Gasteiger partial charge in [-0.15, -0.1) is 0 Å². The molecule has 0 spiro atoms. The first kappa shape index (κ1) is 19.8. The number of nitrogens with zero attached hydrogens (tertiary/aromatic N) is 4. The lowest BCUT2D eigenvalue weighted by Crippen LogP contribution is -2.44. The summed E-state index contributed by atoms with van der Waals surface area (Å²) in [4.78, 5) is 19.4. The van der Waals surface area contributed by atoms with Crippen LogP contribution in [-0.2, 0) is 11.3 Å². The van der Waals surface area contributed by atoms with E-state index in [1.54, 1.807) is 12.1 Å². The number of likely N-dealkylation sites (tertiary alicyclic amines) is 1. The highest BCUT2D eigenvalue weighted by Crippen LogP contribution is 2.27. The molecule has 152 valence electrons. The fraction of sp³-hybridized carbons (Fsp3) is 0.381. The van der Waals surface area contributed by atoms with Crippen molar-refractivity contribution in [2.24, 2.45) is 0 Å². The minimum atomic E-state index is -0.354. The predicted octanol–water partition coefficient (Wildman–Crippen LogP) is 4.90. The van der Waals surface area contributed by atoms with Crippen LogP contribution in [0.3, 0.4) is 0 Å². The van der Waals surface area contributed by atoms with E-state index in [1.165, 1.54) is 12.5 Å². The summed E-state index contributed by atoms with van der Waals surface area (Å²) in [6.45, 7) is 3.18. The molecule has 1 unspecified atom stereocenters. The lowest BCUT2D eigenvalue weighted by atomic mass is 10.00. The maximum absolute atomic E-state index is 13.5. The Bertz CT molecular complexity index is 1020. The predicted molar refractivity (Wildman–Crippen MR) is 110 cm³/mol. The van der Waals surface area contributed by atoms with Crippen LogP contribution in [0.5, 0.6) is 0 Å². The van der Waals surface area contributed by atoms with Gasteiger partial charge in [0.15, 0.2) is 0 Å². The Labute approximate surface area is 176 Å². The normalized spacial score (nSPS) is 16.9. The highest BCUT2D eigenvalue weighted by atomic mass is 79.9. The number of hydrogen-bond acceptors (Lipinski definition) is 4. The first-order valence-corrected chi connectivity index (χ1v) is 10.6. The minimum Gasteiger partial charge on any atom is -0.338 e. The number of benzene rings is 1. The smallest absolute Gasteiger partial charge is 0.274 e. The molecule has 6 nitrogen and oxygen atoms in total. The summed E-state index contributed by atoms with van der Waals surface area (Å²) in [6, 6.07) is 8.57. The van der Waals surface area contributed by atoms with Crippen molar-refractivity contribution >= 4 is 21.8 Å². The number of rotatable bonds is 5. The van der Waals surface area contributed by atoms with E-state index in [2.05, 4.69) is 33.0 Å². The monoisotopic (exact) mass is 460 g/mol. The number of hydrogen-bond donors (Lipinski definition) is 0. The van der Waals surface area contributed by atoms with Crippen molar-refractivity contribution in [3.05, 3.63) is 46.8 Å². The van der Waals surface area contributed by atoms with E-state index in [-0.39, 0.29) is 18.3 Å². The summed E-state index contributed by atoms with van der Waals surface area (Å²) in [5.74, 6) is 0.440. The van der Waals surface area contributed by atoms with Gasteiger partial charge in [-0.05, 0) is 71.9 Å². The van der Waals surface area contributed by atoms with Gasteiger partial charge in [-0.3, -0.25) is 4.79 Å². The van der Waals surface area contributed by atoms with Crippen LogP contribution < -0.4 is 0 Å². The van der Waals surface area contributed by atoms with Gasteiger partial charge in [-0.2, -0.15) is 4.98 Å². The SMILES string of the molecule is CCC1CCCCN1C(=O)Cn1cccc1-c1nc(-c2ccc(F)c(Br)c2)no1. The van der Waals surface area contributed by atoms with Crippen molar-refractivity contribution in [2.45, 2.75) is 45.2 Å². The van der Waals surface area contributed by atoms with Crippen molar-refractivity contribution < 1.29 is 13.7 Å². The number of carbonyl (C=O) groups is 1. The second-order valence-electron chi connectivity index (χ2n) is 7.22. The molecule has 1 aliphatic heterocycles. The fourth-order valence-electron chi connectivity index (χ4n) is 3.82. The average Bonchev–Trinajstić information content (AvgIpc) is 3.39. The second-order valence-corrected chi connectivity index (χ2v) is 8.07. The van der Waals surface area contributed by atoms with Crippen LogP contribution in [0.4, 0.5) is 4.39 Å². The molecule has 3 heterocycles. The zero-order valence-corrected chi connectivity index (χ0v) is 17.7. The molecule has 1 saturated heterocycles. The first-order valence-electron chi connectivity index (χ1n) is 9.81. The molecule has 29 heavy (non-hydrogen) atoms. The van der Waals surface area contributed by atoms with Gasteiger partial charge < -0.3 is 14.0 Å². The highest BCUT2D eigenvalue weighted by molar-refractivity contribution is 9.10. The third kappa shape index (κ3) is 4.12. The van der Waals surface area contributed by atoms with Crippen LogP contribution in [0.25, 0.3) is 23.0 Å². The van der Waals surface area contributed by atoms with Gasteiger partial charge in [0.25, 0.3) is 5.89 Å². The molecule has 1 aromatic carbocycles. The number of piperidine rings is 1. The molecule has 0 aliphatic carbocycles. The Hall–Kier alpha value is -2.48. The summed E-state index contributed by atoms with van der Waals surface area (Å²) in [7, 11) is 0. The highest BCUT2D eigenvalue weighted by Gasteiger charge is 2.26. The van der Waals surface area contributed by atoms with Crippen LogP contribution in [-0.4, -0.2) is 38.1 Å². The second kappa shape index (κ2) is 8.49. The average molecular weight is 461 g/mol. The van der Waals surface area contributed by atoms with E-state index >= 15 is 0 Å². The van der Waals surface area contributed by atoms with Crippen molar-refractivity contribution in [1.29, 1.82) is 0 Å². The van der Waals surface area contributed by atoms with E-state index in [9.17, 15) is 9.18 Å². The van der Waals surface area contributed by atoms with Crippen LogP contribution in [0.2, 0.25) is 0 Å². The maximum Gasteiger partial charge on any atom is 0.274 e. The maximum atomic E-state index is 13.5. The van der Waals surface area contributed by atoms with Crippen molar-refractivity contribution in [2.75, 3.05) is 6.54 Å². The van der Waals surface area contributed by atoms with Crippen LogP contribution in [0.1, 0.15) is 32.6 Å². The number of aromatic nitrogens is 3. The van der Waals surface area contributed by atoms with E-state index in [4.69, 9.17) is 4.52 Å². The van der Waals surface area contributed by atoms with Gasteiger partial charge in [0.1, 0.15) is 18.1 Å². The molecule has 0 saturated carbocycles. The Kier molecular flexibility index (Phi) is 5.80. The van der Waals surface area contributed by atoms with Gasteiger partial charge >= 0.3 is 0 Å². The largest absolute Gasteiger partial charge is 0.338 e.